The Morgan fingerprint density at radius 3 is 2.42 bits per heavy atom. The SMILES string of the molecule is COc1ccc(C(CNC(=O)c2cc(F)ccc2F)N(C)C)cc1. The highest BCUT2D eigenvalue weighted by atomic mass is 19.1. The molecular weight excluding hydrogens is 314 g/mol. The summed E-state index contributed by atoms with van der Waals surface area (Å²) in [7, 11) is 5.35. The molecule has 0 aromatic heterocycles. The summed E-state index contributed by atoms with van der Waals surface area (Å²) in [5.41, 5.74) is 0.669. The number of likely N-dealkylation sites (N-methyl/N-ethyl adjacent to an activating group) is 1. The number of ether oxygens (including phenoxy) is 1. The summed E-state index contributed by atoms with van der Waals surface area (Å²) in [6.45, 7) is 0.258. The van der Waals surface area contributed by atoms with Crippen molar-refractivity contribution in [2.45, 2.75) is 6.04 Å². The van der Waals surface area contributed by atoms with Crippen molar-refractivity contribution in [2.24, 2.45) is 0 Å². The van der Waals surface area contributed by atoms with Crippen molar-refractivity contribution in [3.8, 4) is 5.75 Å². The number of carbonyl (C=O) groups excluding carboxylic acids is 1. The molecule has 1 unspecified atom stereocenters. The van der Waals surface area contributed by atoms with Gasteiger partial charge in [0.2, 0.25) is 0 Å². The van der Waals surface area contributed by atoms with Crippen molar-refractivity contribution >= 4 is 5.91 Å². The summed E-state index contributed by atoms with van der Waals surface area (Å²) < 4.78 is 32.0. The number of methoxy groups -OCH3 is 1. The fourth-order valence-corrected chi connectivity index (χ4v) is 2.38. The van der Waals surface area contributed by atoms with Crippen molar-refractivity contribution < 1.29 is 18.3 Å². The number of benzene rings is 2. The van der Waals surface area contributed by atoms with Crippen LogP contribution < -0.4 is 10.1 Å². The Morgan fingerprint density at radius 2 is 1.83 bits per heavy atom. The van der Waals surface area contributed by atoms with Gasteiger partial charge in [-0.2, -0.15) is 0 Å². The first-order chi connectivity index (χ1) is 11.4. The average Bonchev–Trinajstić information content (AvgIpc) is 2.57. The van der Waals surface area contributed by atoms with Gasteiger partial charge in [0.25, 0.3) is 5.91 Å². The number of halogens is 2. The predicted molar refractivity (Wildman–Crippen MR) is 88.1 cm³/mol. The van der Waals surface area contributed by atoms with Crippen LogP contribution >= 0.6 is 0 Å². The van der Waals surface area contributed by atoms with Gasteiger partial charge in [0.1, 0.15) is 17.4 Å². The molecule has 0 fully saturated rings. The van der Waals surface area contributed by atoms with Gasteiger partial charge in [-0.15, -0.1) is 0 Å². The molecule has 0 aliphatic carbocycles. The Balaban J connectivity index is 2.10. The summed E-state index contributed by atoms with van der Waals surface area (Å²) in [6, 6.07) is 10.2. The maximum absolute atomic E-state index is 13.7. The zero-order valence-corrected chi connectivity index (χ0v) is 13.8. The molecule has 4 nitrogen and oxygen atoms in total. The van der Waals surface area contributed by atoms with Crippen LogP contribution in [0.5, 0.6) is 5.75 Å². The number of rotatable bonds is 6. The van der Waals surface area contributed by atoms with Crippen LogP contribution in [0.15, 0.2) is 42.5 Å². The van der Waals surface area contributed by atoms with E-state index in [9.17, 15) is 13.6 Å². The molecule has 0 radical (unpaired) electrons. The lowest BCUT2D eigenvalue weighted by molar-refractivity contribution is 0.0937. The van der Waals surface area contributed by atoms with Crippen molar-refractivity contribution in [1.82, 2.24) is 10.2 Å². The molecule has 0 spiro atoms. The largest absolute Gasteiger partial charge is 0.497 e. The van der Waals surface area contributed by atoms with Gasteiger partial charge < -0.3 is 15.0 Å². The molecule has 2 rings (SSSR count). The molecule has 0 bridgehead atoms. The third-order valence-corrected chi connectivity index (χ3v) is 3.75. The van der Waals surface area contributed by atoms with Gasteiger partial charge in [-0.05, 0) is 50.0 Å². The molecule has 2 aromatic carbocycles. The van der Waals surface area contributed by atoms with Gasteiger partial charge in [-0.1, -0.05) is 12.1 Å². The Labute approximate surface area is 140 Å². The Morgan fingerprint density at radius 1 is 1.17 bits per heavy atom. The van der Waals surface area contributed by atoms with Crippen LogP contribution in [0.25, 0.3) is 0 Å². The molecule has 24 heavy (non-hydrogen) atoms. The lowest BCUT2D eigenvalue weighted by Gasteiger charge is -2.25. The van der Waals surface area contributed by atoms with Crippen molar-refractivity contribution in [2.75, 3.05) is 27.7 Å². The first-order valence-electron chi connectivity index (χ1n) is 7.46. The quantitative estimate of drug-likeness (QED) is 0.883. The van der Waals surface area contributed by atoms with Crippen LogP contribution in [-0.4, -0.2) is 38.6 Å². The maximum Gasteiger partial charge on any atom is 0.254 e. The van der Waals surface area contributed by atoms with Crippen molar-refractivity contribution in [1.29, 1.82) is 0 Å². The molecule has 0 saturated carbocycles. The molecular formula is C18H20F2N2O2. The van der Waals surface area contributed by atoms with Gasteiger partial charge in [-0.3, -0.25) is 4.79 Å². The third kappa shape index (κ3) is 4.29. The van der Waals surface area contributed by atoms with E-state index >= 15 is 0 Å². The number of hydrogen-bond acceptors (Lipinski definition) is 3. The van der Waals surface area contributed by atoms with E-state index in [1.165, 1.54) is 0 Å². The first kappa shape index (κ1) is 17.9. The minimum atomic E-state index is -0.750. The molecule has 0 aliphatic heterocycles. The second-order valence-electron chi connectivity index (χ2n) is 5.59. The van der Waals surface area contributed by atoms with Crippen molar-refractivity contribution in [3.63, 3.8) is 0 Å². The maximum atomic E-state index is 13.7. The van der Waals surface area contributed by atoms with Crippen LogP contribution in [0.1, 0.15) is 22.0 Å². The lowest BCUT2D eigenvalue weighted by Crippen LogP contribution is -2.35. The summed E-state index contributed by atoms with van der Waals surface area (Å²) in [5.74, 6) is -1.31. The highest BCUT2D eigenvalue weighted by molar-refractivity contribution is 5.94. The van der Waals surface area contributed by atoms with Crippen LogP contribution in [-0.2, 0) is 0 Å². The minimum Gasteiger partial charge on any atom is -0.497 e. The fraction of sp³-hybridized carbons (Fsp3) is 0.278. The number of nitrogens with zero attached hydrogens (tertiary/aromatic N) is 1. The van der Waals surface area contributed by atoms with Crippen LogP contribution in [0, 0.1) is 11.6 Å². The molecule has 2 aromatic rings. The van der Waals surface area contributed by atoms with Gasteiger partial charge in [0, 0.05) is 6.54 Å². The molecule has 1 N–H and O–H groups in total. The van der Waals surface area contributed by atoms with E-state index in [0.29, 0.717) is 0 Å². The van der Waals surface area contributed by atoms with E-state index in [1.54, 1.807) is 7.11 Å². The van der Waals surface area contributed by atoms with E-state index in [2.05, 4.69) is 5.32 Å². The Kier molecular flexibility index (Phi) is 5.87. The van der Waals surface area contributed by atoms with Crippen LogP contribution in [0.4, 0.5) is 8.78 Å². The van der Waals surface area contributed by atoms with Gasteiger partial charge in [0.15, 0.2) is 0 Å². The fourth-order valence-electron chi connectivity index (χ4n) is 2.38. The summed E-state index contributed by atoms with van der Waals surface area (Å²) in [6.07, 6.45) is 0. The second-order valence-corrected chi connectivity index (χ2v) is 5.59. The van der Waals surface area contributed by atoms with Gasteiger partial charge >= 0.3 is 0 Å². The van der Waals surface area contributed by atoms with E-state index < -0.39 is 17.5 Å². The molecule has 128 valence electrons. The minimum absolute atomic E-state index is 0.114. The van der Waals surface area contributed by atoms with E-state index in [4.69, 9.17) is 4.74 Å². The van der Waals surface area contributed by atoms with Crippen LogP contribution in [0.2, 0.25) is 0 Å². The van der Waals surface area contributed by atoms with E-state index in [-0.39, 0.29) is 18.2 Å². The number of carbonyl (C=O) groups is 1. The zero-order valence-electron chi connectivity index (χ0n) is 13.8. The number of amides is 1. The monoisotopic (exact) mass is 334 g/mol. The zero-order chi connectivity index (χ0) is 17.7. The molecule has 6 heteroatoms. The molecule has 0 heterocycles. The predicted octanol–water partition coefficient (Wildman–Crippen LogP) is 3.01. The standard InChI is InChI=1S/C18H20F2N2O2/c1-22(2)17(12-4-7-14(24-3)8-5-12)11-21-18(23)15-10-13(19)6-9-16(15)20/h4-10,17H,11H2,1-3H3,(H,21,23). The smallest absolute Gasteiger partial charge is 0.254 e. The molecule has 0 saturated heterocycles. The second kappa shape index (κ2) is 7.88. The molecule has 1 amide bonds. The number of hydrogen-bond donors (Lipinski definition) is 1. The lowest BCUT2D eigenvalue weighted by atomic mass is 10.1. The topological polar surface area (TPSA) is 41.6 Å². The van der Waals surface area contributed by atoms with Crippen LogP contribution in [0.3, 0.4) is 0 Å². The summed E-state index contributed by atoms with van der Waals surface area (Å²) in [4.78, 5) is 14.1. The highest BCUT2D eigenvalue weighted by Crippen LogP contribution is 2.21. The molecule has 1 atom stereocenters. The van der Waals surface area contributed by atoms with Crippen molar-refractivity contribution in [3.05, 3.63) is 65.2 Å². The van der Waals surface area contributed by atoms with Gasteiger partial charge in [0.05, 0.1) is 18.7 Å². The highest BCUT2D eigenvalue weighted by Gasteiger charge is 2.18. The Bertz CT molecular complexity index is 703. The first-order valence-corrected chi connectivity index (χ1v) is 7.46. The summed E-state index contributed by atoms with van der Waals surface area (Å²) >= 11 is 0. The molecule has 0 aliphatic rings. The number of nitrogens with one attached hydrogen (secondary N) is 1. The third-order valence-electron chi connectivity index (χ3n) is 3.75. The van der Waals surface area contributed by atoms with E-state index in [1.807, 2.05) is 43.3 Å². The van der Waals surface area contributed by atoms with Gasteiger partial charge in [-0.25, -0.2) is 8.78 Å². The normalized spacial score (nSPS) is 12.1. The Hall–Kier alpha value is -2.47. The summed E-state index contributed by atoms with van der Waals surface area (Å²) in [5, 5.41) is 2.66. The average molecular weight is 334 g/mol. The van der Waals surface area contributed by atoms with E-state index in [0.717, 1.165) is 29.5 Å².